The zero-order chi connectivity index (χ0) is 13.5. The number of halogens is 2. The van der Waals surface area contributed by atoms with E-state index in [0.717, 1.165) is 22.3 Å². The highest BCUT2D eigenvalue weighted by atomic mass is 35.5. The molecule has 0 saturated heterocycles. The van der Waals surface area contributed by atoms with Gasteiger partial charge in [-0.05, 0) is 22.3 Å². The van der Waals surface area contributed by atoms with Crippen LogP contribution < -0.4 is 0 Å². The summed E-state index contributed by atoms with van der Waals surface area (Å²) in [5, 5.41) is 0. The molecular weight excluding hydrogens is 279 g/mol. The van der Waals surface area contributed by atoms with E-state index in [1.807, 2.05) is 36.4 Å². The molecule has 100 valence electrons. The molecule has 0 amide bonds. The quantitative estimate of drug-likeness (QED) is 0.690. The van der Waals surface area contributed by atoms with E-state index in [0.29, 0.717) is 25.0 Å². The van der Waals surface area contributed by atoms with Crippen molar-refractivity contribution >= 4 is 23.2 Å². The Balaban J connectivity index is 1.88. The molecule has 2 aromatic rings. The third-order valence-electron chi connectivity index (χ3n) is 2.83. The fraction of sp³-hybridized carbons (Fsp3) is 0.250. The van der Waals surface area contributed by atoms with Crippen LogP contribution in [0.15, 0.2) is 48.5 Å². The van der Waals surface area contributed by atoms with Crippen LogP contribution in [0, 0.1) is 0 Å². The molecule has 0 unspecified atom stereocenters. The fourth-order valence-corrected chi connectivity index (χ4v) is 2.22. The summed E-state index contributed by atoms with van der Waals surface area (Å²) < 4.78 is 5.72. The summed E-state index contributed by atoms with van der Waals surface area (Å²) in [6.07, 6.45) is 0. The summed E-state index contributed by atoms with van der Waals surface area (Å²) in [7, 11) is 0. The van der Waals surface area contributed by atoms with Crippen molar-refractivity contribution in [3.8, 4) is 0 Å². The molecular formula is C16H16Cl2O. The van der Waals surface area contributed by atoms with E-state index in [-0.39, 0.29) is 0 Å². The number of hydrogen-bond acceptors (Lipinski definition) is 1. The van der Waals surface area contributed by atoms with Gasteiger partial charge in [0, 0.05) is 11.8 Å². The standard InChI is InChI=1S/C16H16Cl2O/c17-9-13-3-1-5-15(7-13)11-19-12-16-6-2-4-14(8-16)10-18/h1-8H,9-12H2. The third kappa shape index (κ3) is 4.54. The largest absolute Gasteiger partial charge is 0.372 e. The smallest absolute Gasteiger partial charge is 0.0721 e. The van der Waals surface area contributed by atoms with Crippen molar-refractivity contribution < 1.29 is 4.74 Å². The van der Waals surface area contributed by atoms with Crippen molar-refractivity contribution in [2.24, 2.45) is 0 Å². The predicted molar refractivity (Wildman–Crippen MR) is 80.5 cm³/mol. The van der Waals surface area contributed by atoms with Gasteiger partial charge >= 0.3 is 0 Å². The number of hydrogen-bond donors (Lipinski definition) is 0. The maximum absolute atomic E-state index is 5.81. The molecule has 3 heteroatoms. The average Bonchev–Trinajstić information content (AvgIpc) is 2.48. The minimum atomic E-state index is 0.533. The molecule has 2 rings (SSSR count). The SMILES string of the molecule is ClCc1cccc(COCc2cccc(CCl)c2)c1. The Bertz CT molecular complexity index is 478. The Morgan fingerprint density at radius 1 is 0.684 bits per heavy atom. The first kappa shape index (κ1) is 14.4. The van der Waals surface area contributed by atoms with Crippen LogP contribution in [0.2, 0.25) is 0 Å². The second kappa shape index (κ2) is 7.54. The first-order chi connectivity index (χ1) is 9.31. The molecule has 0 bridgehead atoms. The van der Waals surface area contributed by atoms with Crippen LogP contribution in [0.1, 0.15) is 22.3 Å². The van der Waals surface area contributed by atoms with E-state index in [4.69, 9.17) is 27.9 Å². The second-order valence-electron chi connectivity index (χ2n) is 4.40. The van der Waals surface area contributed by atoms with E-state index in [1.54, 1.807) is 0 Å². The van der Waals surface area contributed by atoms with Gasteiger partial charge in [0.1, 0.15) is 0 Å². The normalized spacial score (nSPS) is 10.6. The Labute approximate surface area is 124 Å². The summed E-state index contributed by atoms with van der Waals surface area (Å²) in [5.41, 5.74) is 4.53. The lowest BCUT2D eigenvalue weighted by atomic mass is 10.1. The zero-order valence-electron chi connectivity index (χ0n) is 10.6. The Morgan fingerprint density at radius 3 is 1.53 bits per heavy atom. The minimum absolute atomic E-state index is 0.533. The van der Waals surface area contributed by atoms with E-state index in [9.17, 15) is 0 Å². The molecule has 0 saturated carbocycles. The summed E-state index contributed by atoms with van der Waals surface area (Å²) in [4.78, 5) is 0. The van der Waals surface area contributed by atoms with E-state index >= 15 is 0 Å². The molecule has 0 N–H and O–H groups in total. The van der Waals surface area contributed by atoms with Crippen LogP contribution in [0.4, 0.5) is 0 Å². The Morgan fingerprint density at radius 2 is 1.11 bits per heavy atom. The lowest BCUT2D eigenvalue weighted by molar-refractivity contribution is 0.107. The van der Waals surface area contributed by atoms with Crippen molar-refractivity contribution in [1.29, 1.82) is 0 Å². The molecule has 0 radical (unpaired) electrons. The van der Waals surface area contributed by atoms with Crippen molar-refractivity contribution in [1.82, 2.24) is 0 Å². The topological polar surface area (TPSA) is 9.23 Å². The van der Waals surface area contributed by atoms with E-state index in [2.05, 4.69) is 12.1 Å². The highest BCUT2D eigenvalue weighted by Gasteiger charge is 1.98. The predicted octanol–water partition coefficient (Wildman–Crippen LogP) is 4.88. The van der Waals surface area contributed by atoms with Gasteiger partial charge in [0.15, 0.2) is 0 Å². The first-order valence-corrected chi connectivity index (χ1v) is 7.24. The molecule has 0 aliphatic carbocycles. The molecule has 19 heavy (non-hydrogen) atoms. The maximum Gasteiger partial charge on any atom is 0.0721 e. The van der Waals surface area contributed by atoms with Crippen molar-refractivity contribution in [2.45, 2.75) is 25.0 Å². The van der Waals surface area contributed by atoms with Crippen LogP contribution in [-0.2, 0) is 29.7 Å². The minimum Gasteiger partial charge on any atom is -0.372 e. The molecule has 0 heterocycles. The van der Waals surface area contributed by atoms with Crippen LogP contribution >= 0.6 is 23.2 Å². The van der Waals surface area contributed by atoms with Crippen molar-refractivity contribution in [2.75, 3.05) is 0 Å². The molecule has 0 fully saturated rings. The molecule has 1 nitrogen and oxygen atoms in total. The zero-order valence-corrected chi connectivity index (χ0v) is 12.1. The van der Waals surface area contributed by atoms with Gasteiger partial charge in [-0.1, -0.05) is 48.5 Å². The van der Waals surface area contributed by atoms with E-state index < -0.39 is 0 Å². The maximum atomic E-state index is 5.81. The van der Waals surface area contributed by atoms with Gasteiger partial charge in [0.25, 0.3) is 0 Å². The second-order valence-corrected chi connectivity index (χ2v) is 4.93. The van der Waals surface area contributed by atoms with E-state index in [1.165, 1.54) is 0 Å². The molecule has 0 aliphatic heterocycles. The number of alkyl halides is 2. The molecule has 0 spiro atoms. The average molecular weight is 295 g/mol. The summed E-state index contributed by atoms with van der Waals surface area (Å²) in [5.74, 6) is 1.07. The molecule has 0 atom stereocenters. The van der Waals surface area contributed by atoms with Crippen LogP contribution in [0.3, 0.4) is 0 Å². The number of benzene rings is 2. The van der Waals surface area contributed by atoms with Gasteiger partial charge in [-0.15, -0.1) is 23.2 Å². The van der Waals surface area contributed by atoms with Crippen molar-refractivity contribution in [3.05, 3.63) is 70.8 Å². The van der Waals surface area contributed by atoms with Gasteiger partial charge in [-0.3, -0.25) is 0 Å². The van der Waals surface area contributed by atoms with Crippen LogP contribution in [-0.4, -0.2) is 0 Å². The van der Waals surface area contributed by atoms with Crippen molar-refractivity contribution in [3.63, 3.8) is 0 Å². The first-order valence-electron chi connectivity index (χ1n) is 6.17. The van der Waals surface area contributed by atoms with Gasteiger partial charge < -0.3 is 4.74 Å². The lowest BCUT2D eigenvalue weighted by Gasteiger charge is -2.07. The lowest BCUT2D eigenvalue weighted by Crippen LogP contribution is -1.95. The number of rotatable bonds is 6. The molecule has 0 aliphatic rings. The fourth-order valence-electron chi connectivity index (χ4n) is 1.89. The highest BCUT2D eigenvalue weighted by molar-refractivity contribution is 6.17. The summed E-state index contributed by atoms with van der Waals surface area (Å²) >= 11 is 11.6. The molecule has 0 aromatic heterocycles. The summed E-state index contributed by atoms with van der Waals surface area (Å²) in [6.45, 7) is 1.19. The third-order valence-corrected chi connectivity index (χ3v) is 3.45. The summed E-state index contributed by atoms with van der Waals surface area (Å²) in [6, 6.07) is 16.3. The molecule has 2 aromatic carbocycles. The van der Waals surface area contributed by atoms with Crippen LogP contribution in [0.25, 0.3) is 0 Å². The van der Waals surface area contributed by atoms with Gasteiger partial charge in [0.2, 0.25) is 0 Å². The Hall–Kier alpha value is -1.02. The monoisotopic (exact) mass is 294 g/mol. The Kier molecular flexibility index (Phi) is 5.71. The van der Waals surface area contributed by atoms with Crippen LogP contribution in [0.5, 0.6) is 0 Å². The van der Waals surface area contributed by atoms with Gasteiger partial charge in [-0.25, -0.2) is 0 Å². The highest BCUT2D eigenvalue weighted by Crippen LogP contribution is 2.12. The van der Waals surface area contributed by atoms with Gasteiger partial charge in [-0.2, -0.15) is 0 Å². The van der Waals surface area contributed by atoms with Gasteiger partial charge in [0.05, 0.1) is 13.2 Å². The number of ether oxygens (including phenoxy) is 1.